The molecule has 0 bridgehead atoms. The number of hydrogen-bond donors (Lipinski definition) is 1. The number of piperazine rings is 1. The molecule has 0 spiro atoms. The van der Waals surface area contributed by atoms with Gasteiger partial charge in [-0.15, -0.1) is 11.3 Å². The van der Waals surface area contributed by atoms with E-state index in [2.05, 4.69) is 27.4 Å². The van der Waals surface area contributed by atoms with Crippen LogP contribution in [0.2, 0.25) is 0 Å². The second-order valence-corrected chi connectivity index (χ2v) is 7.44. The third kappa shape index (κ3) is 1.92. The molecule has 0 aliphatic carbocycles. The molecule has 0 saturated carbocycles. The van der Waals surface area contributed by atoms with Crippen molar-refractivity contribution in [2.45, 2.75) is 24.9 Å². The maximum atomic E-state index is 11.1. The molecular formula is C14H17ClN3OS+. The Bertz CT molecular complexity index is 625. The molecule has 2 aliphatic rings. The van der Waals surface area contributed by atoms with Crippen LogP contribution in [0.25, 0.3) is 10.2 Å². The molecule has 2 saturated heterocycles. The van der Waals surface area contributed by atoms with Gasteiger partial charge in [0.15, 0.2) is 11.8 Å². The molecule has 0 aromatic carbocycles. The molecule has 2 aromatic rings. The van der Waals surface area contributed by atoms with Crippen molar-refractivity contribution in [2.75, 3.05) is 19.6 Å². The summed E-state index contributed by atoms with van der Waals surface area (Å²) in [7, 11) is 0. The fourth-order valence-electron chi connectivity index (χ4n) is 3.67. The van der Waals surface area contributed by atoms with Crippen LogP contribution < -0.4 is 0 Å². The van der Waals surface area contributed by atoms with E-state index in [9.17, 15) is 4.79 Å². The Morgan fingerprint density at radius 2 is 2.40 bits per heavy atom. The summed E-state index contributed by atoms with van der Waals surface area (Å²) >= 11 is 8.06. The number of nitrogens with one attached hydrogen (secondary N) is 1. The minimum Gasteiger partial charge on any atom is -0.349 e. The number of rotatable bonds is 2. The van der Waals surface area contributed by atoms with Crippen LogP contribution in [0, 0.1) is 0 Å². The van der Waals surface area contributed by atoms with E-state index in [0.29, 0.717) is 18.6 Å². The number of nitrogens with zero attached hydrogens (tertiary/aromatic N) is 2. The van der Waals surface area contributed by atoms with Crippen molar-refractivity contribution < 1.29 is 8.80 Å². The van der Waals surface area contributed by atoms with Gasteiger partial charge in [-0.25, -0.2) is 4.79 Å². The van der Waals surface area contributed by atoms with E-state index in [-0.39, 0.29) is 4.00 Å². The Labute approximate surface area is 126 Å². The zero-order chi connectivity index (χ0) is 13.7. The highest BCUT2D eigenvalue weighted by atomic mass is 35.5. The highest BCUT2D eigenvalue weighted by Gasteiger charge is 2.45. The quantitative estimate of drug-likeness (QED) is 0.684. The monoisotopic (exact) mass is 310 g/mol. The predicted octanol–water partition coefficient (Wildman–Crippen LogP) is 2.88. The lowest BCUT2D eigenvalue weighted by Gasteiger charge is -2.38. The summed E-state index contributed by atoms with van der Waals surface area (Å²) in [5.74, 6) is 0. The smallest absolute Gasteiger partial charge is 0.319 e. The van der Waals surface area contributed by atoms with Gasteiger partial charge in [0.25, 0.3) is 0 Å². The number of hydrogen-bond acceptors (Lipinski definition) is 3. The van der Waals surface area contributed by atoms with Crippen LogP contribution in [0.15, 0.2) is 17.5 Å². The van der Waals surface area contributed by atoms with Gasteiger partial charge in [0.05, 0.1) is 23.5 Å². The van der Waals surface area contributed by atoms with Gasteiger partial charge in [-0.1, -0.05) is 0 Å². The first-order valence-electron chi connectivity index (χ1n) is 7.03. The number of aromatic nitrogens is 1. The number of fused-ring (bicyclic) bond motifs is 2. The van der Waals surface area contributed by atoms with Crippen LogP contribution >= 0.6 is 23.1 Å². The largest absolute Gasteiger partial charge is 0.349 e. The summed E-state index contributed by atoms with van der Waals surface area (Å²) in [6, 6.07) is 5.32. The summed E-state index contributed by atoms with van der Waals surface area (Å²) in [6.45, 7) is 2.33. The van der Waals surface area contributed by atoms with Crippen LogP contribution in [0.1, 0.15) is 24.6 Å². The molecule has 2 aromatic heterocycles. The highest BCUT2D eigenvalue weighted by Crippen LogP contribution is 2.40. The average Bonchev–Trinajstić information content (AvgIpc) is 3.10. The SMILES string of the molecule is O=C[N+]1(Cl)CCN2C(CCC2c2cc3ccsc3[nH]2)C1. The molecule has 4 nitrogen and oxygen atoms in total. The minimum absolute atomic E-state index is 0.0493. The molecule has 2 aliphatic heterocycles. The van der Waals surface area contributed by atoms with Crippen molar-refractivity contribution in [2.24, 2.45) is 0 Å². The highest BCUT2D eigenvalue weighted by molar-refractivity contribution is 7.16. The van der Waals surface area contributed by atoms with Gasteiger partial charge in [0.1, 0.15) is 13.1 Å². The number of quaternary nitrogens is 1. The normalized spacial score (nSPS) is 34.5. The standard InChI is InChI=1S/C14H17ClN3OS/c15-18(9-19)5-4-17-11(8-18)1-2-13(17)12-7-10-3-6-20-14(10)16-12/h3,6-7,9,11,13,16H,1-2,4-5,8H2/q+1. The van der Waals surface area contributed by atoms with Crippen LogP contribution in [-0.2, 0) is 4.79 Å². The molecule has 3 unspecified atom stereocenters. The number of H-pyrrole nitrogens is 1. The van der Waals surface area contributed by atoms with Gasteiger partial charge in [-0.3, -0.25) is 4.90 Å². The molecule has 1 N–H and O–H groups in total. The third-order valence-corrected chi connectivity index (χ3v) is 5.93. The molecule has 3 atom stereocenters. The lowest BCUT2D eigenvalue weighted by Crippen LogP contribution is -2.56. The van der Waals surface area contributed by atoms with Gasteiger partial charge < -0.3 is 4.98 Å². The fourth-order valence-corrected chi connectivity index (χ4v) is 4.70. The molecule has 106 valence electrons. The second kappa shape index (κ2) is 4.56. The van der Waals surface area contributed by atoms with Crippen molar-refractivity contribution >= 4 is 39.7 Å². The summed E-state index contributed by atoms with van der Waals surface area (Å²) in [6.07, 6.45) is 3.16. The van der Waals surface area contributed by atoms with Crippen molar-refractivity contribution in [3.05, 3.63) is 23.2 Å². The zero-order valence-corrected chi connectivity index (χ0v) is 12.7. The zero-order valence-electron chi connectivity index (χ0n) is 11.1. The fraction of sp³-hybridized carbons (Fsp3) is 0.500. The third-order valence-electron chi connectivity index (χ3n) is 4.70. The van der Waals surface area contributed by atoms with Gasteiger partial charge in [-0.05, 0) is 30.4 Å². The molecule has 0 radical (unpaired) electrons. The van der Waals surface area contributed by atoms with Crippen molar-refractivity contribution in [3.8, 4) is 0 Å². The average molecular weight is 311 g/mol. The van der Waals surface area contributed by atoms with E-state index in [0.717, 1.165) is 32.3 Å². The lowest BCUT2D eigenvalue weighted by molar-refractivity contribution is -0.737. The molecule has 4 heterocycles. The van der Waals surface area contributed by atoms with Gasteiger partial charge in [0, 0.05) is 11.1 Å². The predicted molar refractivity (Wildman–Crippen MR) is 80.6 cm³/mol. The second-order valence-electron chi connectivity index (χ2n) is 5.85. The Morgan fingerprint density at radius 1 is 1.50 bits per heavy atom. The summed E-state index contributed by atoms with van der Waals surface area (Å²) < 4.78 is 0.0493. The molecular weight excluding hydrogens is 294 g/mol. The Hall–Kier alpha value is -0.880. The number of carbonyl (C=O) groups is 1. The van der Waals surface area contributed by atoms with Crippen molar-refractivity contribution in [1.82, 2.24) is 9.88 Å². The summed E-state index contributed by atoms with van der Waals surface area (Å²) in [5.41, 5.74) is 1.31. The Morgan fingerprint density at radius 3 is 3.20 bits per heavy atom. The molecule has 2 fully saturated rings. The Balaban J connectivity index is 1.60. The van der Waals surface area contributed by atoms with E-state index in [4.69, 9.17) is 11.8 Å². The number of amides is 1. The van der Waals surface area contributed by atoms with Crippen LogP contribution in [-0.4, -0.2) is 46.0 Å². The topological polar surface area (TPSA) is 36.1 Å². The van der Waals surface area contributed by atoms with E-state index >= 15 is 0 Å². The van der Waals surface area contributed by atoms with Crippen molar-refractivity contribution in [1.29, 1.82) is 0 Å². The first kappa shape index (κ1) is 12.8. The first-order valence-corrected chi connectivity index (χ1v) is 8.25. The van der Waals surface area contributed by atoms with Gasteiger partial charge >= 0.3 is 6.41 Å². The van der Waals surface area contributed by atoms with E-state index in [1.54, 1.807) is 11.3 Å². The first-order chi connectivity index (χ1) is 9.68. The number of aromatic amines is 1. The molecule has 6 heteroatoms. The van der Waals surface area contributed by atoms with E-state index < -0.39 is 0 Å². The lowest BCUT2D eigenvalue weighted by atomic mass is 10.1. The van der Waals surface area contributed by atoms with E-state index in [1.165, 1.54) is 15.9 Å². The maximum Gasteiger partial charge on any atom is 0.319 e. The summed E-state index contributed by atoms with van der Waals surface area (Å²) in [5, 5.41) is 3.42. The van der Waals surface area contributed by atoms with Gasteiger partial charge in [0.2, 0.25) is 0 Å². The maximum absolute atomic E-state index is 11.1. The molecule has 20 heavy (non-hydrogen) atoms. The van der Waals surface area contributed by atoms with Gasteiger partial charge in [-0.2, -0.15) is 4.00 Å². The van der Waals surface area contributed by atoms with E-state index in [1.807, 2.05) is 0 Å². The van der Waals surface area contributed by atoms with Crippen molar-refractivity contribution in [3.63, 3.8) is 0 Å². The molecule has 1 amide bonds. The van der Waals surface area contributed by atoms with Crippen LogP contribution in [0.5, 0.6) is 0 Å². The van der Waals surface area contributed by atoms with Crippen LogP contribution in [0.4, 0.5) is 0 Å². The minimum atomic E-state index is 0.0493. The number of halogens is 1. The van der Waals surface area contributed by atoms with Crippen LogP contribution in [0.3, 0.4) is 0 Å². The Kier molecular flexibility index (Phi) is 2.93. The number of thiophene rings is 1. The summed E-state index contributed by atoms with van der Waals surface area (Å²) in [4.78, 5) is 18.5. The molecule has 4 rings (SSSR count). The number of carbonyl (C=O) groups excluding carboxylic acids is 1.